The van der Waals surface area contributed by atoms with Crippen LogP contribution in [0.3, 0.4) is 0 Å². The highest BCUT2D eigenvalue weighted by Crippen LogP contribution is 2.23. The number of likely N-dealkylation sites (N-methyl/N-ethyl adjacent to an activating group) is 1. The lowest BCUT2D eigenvalue weighted by Crippen LogP contribution is -2.55. The van der Waals surface area contributed by atoms with Crippen LogP contribution in [-0.2, 0) is 9.53 Å². The molecular weight excluding hydrogens is 406 g/mol. The Morgan fingerprint density at radius 2 is 1.90 bits per heavy atom. The molecule has 2 aliphatic heterocycles. The van der Waals surface area contributed by atoms with Crippen molar-refractivity contribution < 1.29 is 23.1 Å². The summed E-state index contributed by atoms with van der Waals surface area (Å²) in [5.41, 5.74) is -0.178. The van der Waals surface area contributed by atoms with Crippen LogP contribution in [-0.4, -0.2) is 85.2 Å². The predicted octanol–water partition coefficient (Wildman–Crippen LogP) is 2.92. The number of nitrogens with zero attached hydrogens (tertiary/aromatic N) is 3. The van der Waals surface area contributed by atoms with Crippen LogP contribution in [0.2, 0.25) is 0 Å². The van der Waals surface area contributed by atoms with Gasteiger partial charge in [0.15, 0.2) is 0 Å². The maximum atomic E-state index is 13.8. The van der Waals surface area contributed by atoms with E-state index in [4.69, 9.17) is 4.74 Å². The van der Waals surface area contributed by atoms with E-state index in [9.17, 15) is 18.4 Å². The first-order valence-corrected chi connectivity index (χ1v) is 10.9. The van der Waals surface area contributed by atoms with Gasteiger partial charge in [0.1, 0.15) is 11.6 Å². The molecule has 0 spiro atoms. The Kier molecular flexibility index (Phi) is 8.20. The first kappa shape index (κ1) is 23.4. The molecule has 7 nitrogen and oxygen atoms in total. The van der Waals surface area contributed by atoms with Gasteiger partial charge in [-0.1, -0.05) is 0 Å². The highest BCUT2D eigenvalue weighted by molar-refractivity contribution is 5.89. The average Bonchev–Trinajstić information content (AvgIpc) is 2.77. The Morgan fingerprint density at radius 1 is 1.16 bits per heavy atom. The number of ether oxygens (including phenoxy) is 1. The molecule has 0 aromatic heterocycles. The first-order chi connectivity index (χ1) is 14.8. The summed E-state index contributed by atoms with van der Waals surface area (Å²) in [5.74, 6) is -1.21. The van der Waals surface area contributed by atoms with Crippen LogP contribution in [0.5, 0.6) is 0 Å². The molecule has 2 heterocycles. The van der Waals surface area contributed by atoms with E-state index >= 15 is 0 Å². The second kappa shape index (κ2) is 10.9. The minimum Gasteiger partial charge on any atom is -0.381 e. The van der Waals surface area contributed by atoms with E-state index in [2.05, 4.69) is 10.2 Å². The molecule has 1 N–H and O–H groups in total. The Hall–Kier alpha value is -2.26. The van der Waals surface area contributed by atoms with Gasteiger partial charge in [0.2, 0.25) is 5.91 Å². The standard InChI is InChI=1S/C22H32F2N4O3/c1-16(29)27-9-3-4-19(15-27)28(18-7-12-31-13-8-18)11-10-26(2)22(30)25-21-14-17(23)5-6-20(21)24/h5-6,14,18-19H,3-4,7-13,15H2,1-2H3,(H,25,30). The molecule has 0 radical (unpaired) electrons. The largest absolute Gasteiger partial charge is 0.381 e. The van der Waals surface area contributed by atoms with Crippen molar-refractivity contribution >= 4 is 17.6 Å². The van der Waals surface area contributed by atoms with Gasteiger partial charge in [0.05, 0.1) is 5.69 Å². The molecule has 3 rings (SSSR count). The maximum absolute atomic E-state index is 13.8. The van der Waals surface area contributed by atoms with Crippen LogP contribution in [0.15, 0.2) is 18.2 Å². The summed E-state index contributed by atoms with van der Waals surface area (Å²) in [6.07, 6.45) is 3.80. The molecule has 2 saturated heterocycles. The smallest absolute Gasteiger partial charge is 0.321 e. The van der Waals surface area contributed by atoms with Crippen molar-refractivity contribution in [1.29, 1.82) is 0 Å². The predicted molar refractivity (Wildman–Crippen MR) is 114 cm³/mol. The first-order valence-electron chi connectivity index (χ1n) is 10.9. The number of amides is 3. The lowest BCUT2D eigenvalue weighted by atomic mass is 9.98. The normalized spacial score (nSPS) is 20.0. The third kappa shape index (κ3) is 6.36. The zero-order chi connectivity index (χ0) is 22.4. The fourth-order valence-corrected chi connectivity index (χ4v) is 4.36. The fraction of sp³-hybridized carbons (Fsp3) is 0.636. The Balaban J connectivity index is 1.62. The molecule has 1 atom stereocenters. The molecule has 0 bridgehead atoms. The van der Waals surface area contributed by atoms with E-state index in [1.54, 1.807) is 14.0 Å². The van der Waals surface area contributed by atoms with Crippen LogP contribution >= 0.6 is 0 Å². The number of benzene rings is 1. The monoisotopic (exact) mass is 438 g/mol. The van der Waals surface area contributed by atoms with Gasteiger partial charge in [-0.3, -0.25) is 9.69 Å². The summed E-state index contributed by atoms with van der Waals surface area (Å²) in [6.45, 7) is 5.56. The van der Waals surface area contributed by atoms with E-state index in [-0.39, 0.29) is 17.6 Å². The summed E-state index contributed by atoms with van der Waals surface area (Å²) in [4.78, 5) is 30.2. The second-order valence-electron chi connectivity index (χ2n) is 8.32. The maximum Gasteiger partial charge on any atom is 0.321 e. The van der Waals surface area contributed by atoms with Gasteiger partial charge in [-0.2, -0.15) is 0 Å². The molecule has 1 aromatic carbocycles. The van der Waals surface area contributed by atoms with Crippen molar-refractivity contribution in [3.63, 3.8) is 0 Å². The molecule has 31 heavy (non-hydrogen) atoms. The van der Waals surface area contributed by atoms with E-state index in [0.717, 1.165) is 50.4 Å². The van der Waals surface area contributed by atoms with Gasteiger partial charge in [-0.25, -0.2) is 13.6 Å². The van der Waals surface area contributed by atoms with Crippen molar-refractivity contribution in [2.24, 2.45) is 0 Å². The minimum atomic E-state index is -0.682. The SMILES string of the molecule is CC(=O)N1CCCC(N(CCN(C)C(=O)Nc2cc(F)ccc2F)C2CCOCC2)C1. The molecule has 9 heteroatoms. The van der Waals surface area contributed by atoms with Gasteiger partial charge in [-0.15, -0.1) is 0 Å². The second-order valence-corrected chi connectivity index (χ2v) is 8.32. The number of anilines is 1. The highest BCUT2D eigenvalue weighted by Gasteiger charge is 2.32. The van der Waals surface area contributed by atoms with E-state index in [1.165, 1.54) is 4.90 Å². The number of likely N-dealkylation sites (tertiary alicyclic amines) is 1. The van der Waals surface area contributed by atoms with Gasteiger partial charge in [-0.05, 0) is 37.8 Å². The number of carbonyl (C=O) groups is 2. The summed E-state index contributed by atoms with van der Waals surface area (Å²) in [5, 5.41) is 2.44. The summed E-state index contributed by atoms with van der Waals surface area (Å²) < 4.78 is 32.7. The molecule has 1 aromatic rings. The number of rotatable bonds is 6. The quantitative estimate of drug-likeness (QED) is 0.742. The number of urea groups is 1. The van der Waals surface area contributed by atoms with Crippen molar-refractivity contribution in [1.82, 2.24) is 14.7 Å². The lowest BCUT2D eigenvalue weighted by Gasteiger charge is -2.44. The summed E-state index contributed by atoms with van der Waals surface area (Å²) >= 11 is 0. The number of halogens is 2. The third-order valence-corrected chi connectivity index (χ3v) is 6.18. The Labute approximate surface area is 182 Å². The van der Waals surface area contributed by atoms with Crippen molar-refractivity contribution in [3.8, 4) is 0 Å². The number of carbonyl (C=O) groups excluding carboxylic acids is 2. The van der Waals surface area contributed by atoms with Crippen LogP contribution in [0.25, 0.3) is 0 Å². The lowest BCUT2D eigenvalue weighted by molar-refractivity contribution is -0.131. The third-order valence-electron chi connectivity index (χ3n) is 6.18. The van der Waals surface area contributed by atoms with Crippen molar-refractivity contribution in [2.75, 3.05) is 51.8 Å². The topological polar surface area (TPSA) is 65.1 Å². The van der Waals surface area contributed by atoms with E-state index < -0.39 is 17.7 Å². The molecule has 172 valence electrons. The van der Waals surface area contributed by atoms with Crippen molar-refractivity contribution in [3.05, 3.63) is 29.8 Å². The van der Waals surface area contributed by atoms with Crippen LogP contribution < -0.4 is 5.32 Å². The zero-order valence-corrected chi connectivity index (χ0v) is 18.3. The molecule has 2 aliphatic rings. The zero-order valence-electron chi connectivity index (χ0n) is 18.3. The Morgan fingerprint density at radius 3 is 2.61 bits per heavy atom. The van der Waals surface area contributed by atoms with Crippen LogP contribution in [0, 0.1) is 11.6 Å². The average molecular weight is 439 g/mol. The van der Waals surface area contributed by atoms with Gasteiger partial charge < -0.3 is 19.9 Å². The van der Waals surface area contributed by atoms with Gasteiger partial charge >= 0.3 is 6.03 Å². The van der Waals surface area contributed by atoms with E-state index in [0.29, 0.717) is 38.9 Å². The van der Waals surface area contributed by atoms with Gasteiger partial charge in [0.25, 0.3) is 0 Å². The molecule has 0 aliphatic carbocycles. The summed E-state index contributed by atoms with van der Waals surface area (Å²) in [6, 6.07) is 3.04. The van der Waals surface area contributed by atoms with Gasteiger partial charge in [0, 0.05) is 71.5 Å². The highest BCUT2D eigenvalue weighted by atomic mass is 19.1. The van der Waals surface area contributed by atoms with Crippen LogP contribution in [0.4, 0.5) is 19.3 Å². The van der Waals surface area contributed by atoms with Crippen molar-refractivity contribution in [2.45, 2.75) is 44.7 Å². The molecule has 1 unspecified atom stereocenters. The van der Waals surface area contributed by atoms with Crippen LogP contribution in [0.1, 0.15) is 32.6 Å². The number of hydrogen-bond donors (Lipinski definition) is 1. The molecule has 2 fully saturated rings. The number of hydrogen-bond acceptors (Lipinski definition) is 4. The minimum absolute atomic E-state index is 0.0882. The molecule has 0 saturated carbocycles. The number of nitrogens with one attached hydrogen (secondary N) is 1. The molecular formula is C22H32F2N4O3. The molecule has 3 amide bonds. The summed E-state index contributed by atoms with van der Waals surface area (Å²) in [7, 11) is 1.64. The fourth-order valence-electron chi connectivity index (χ4n) is 4.36. The number of piperidine rings is 1. The Bertz CT molecular complexity index is 773. The van der Waals surface area contributed by atoms with E-state index in [1.807, 2.05) is 4.90 Å².